The van der Waals surface area contributed by atoms with E-state index in [2.05, 4.69) is 15.3 Å². The fourth-order valence-electron chi connectivity index (χ4n) is 2.13. The first-order chi connectivity index (χ1) is 8.65. The fraction of sp³-hybridized carbons (Fsp3) is 0.545. The number of nitrogens with two attached hydrogens (primary N) is 1. The first-order valence-corrected chi connectivity index (χ1v) is 5.77. The Hall–Kier alpha value is -1.89. The number of hydrogen-bond acceptors (Lipinski definition) is 6. The van der Waals surface area contributed by atoms with Crippen molar-refractivity contribution in [2.75, 3.05) is 31.6 Å². The Morgan fingerprint density at radius 2 is 2.39 bits per heavy atom. The highest BCUT2D eigenvalue weighted by Crippen LogP contribution is 2.25. The molecule has 0 bridgehead atoms. The molecular formula is C11H17N5O2. The van der Waals surface area contributed by atoms with Crippen molar-refractivity contribution in [3.63, 3.8) is 0 Å². The van der Waals surface area contributed by atoms with Crippen molar-refractivity contribution in [1.82, 2.24) is 15.3 Å². The van der Waals surface area contributed by atoms with Crippen LogP contribution in [0.4, 0.5) is 5.82 Å². The van der Waals surface area contributed by atoms with Crippen molar-refractivity contribution in [1.29, 1.82) is 0 Å². The van der Waals surface area contributed by atoms with E-state index in [-0.39, 0.29) is 5.91 Å². The standard InChI is InChI=1S/C11H17N5O2/c1-7-10(14-6-15-11(7)18-2)16-4-3-13-5-8(16)9(12)17/h6,8,13H,3-5H2,1-2H3,(H2,12,17). The van der Waals surface area contributed by atoms with Crippen LogP contribution in [-0.4, -0.2) is 48.7 Å². The van der Waals surface area contributed by atoms with E-state index in [9.17, 15) is 4.79 Å². The summed E-state index contributed by atoms with van der Waals surface area (Å²) in [5.74, 6) is 0.855. The molecule has 1 aliphatic heterocycles. The summed E-state index contributed by atoms with van der Waals surface area (Å²) in [6.45, 7) is 3.86. The maximum Gasteiger partial charge on any atom is 0.241 e. The van der Waals surface area contributed by atoms with Gasteiger partial charge in [0.05, 0.1) is 12.7 Å². The molecule has 1 fully saturated rings. The van der Waals surface area contributed by atoms with E-state index in [1.54, 1.807) is 7.11 Å². The summed E-state index contributed by atoms with van der Waals surface area (Å²) in [6.07, 6.45) is 1.43. The number of ether oxygens (including phenoxy) is 1. The van der Waals surface area contributed by atoms with Crippen molar-refractivity contribution in [3.05, 3.63) is 11.9 Å². The molecule has 0 aromatic carbocycles. The van der Waals surface area contributed by atoms with Crippen LogP contribution in [0.3, 0.4) is 0 Å². The van der Waals surface area contributed by atoms with Gasteiger partial charge in [0.25, 0.3) is 0 Å². The van der Waals surface area contributed by atoms with E-state index in [4.69, 9.17) is 10.5 Å². The number of anilines is 1. The summed E-state index contributed by atoms with van der Waals surface area (Å²) in [6, 6.07) is -0.392. The number of amides is 1. The highest BCUT2D eigenvalue weighted by atomic mass is 16.5. The zero-order valence-electron chi connectivity index (χ0n) is 10.5. The van der Waals surface area contributed by atoms with Crippen LogP contribution >= 0.6 is 0 Å². The first kappa shape index (κ1) is 12.6. The average molecular weight is 251 g/mol. The second-order valence-electron chi connectivity index (χ2n) is 4.15. The van der Waals surface area contributed by atoms with Crippen LogP contribution in [0.15, 0.2) is 6.33 Å². The molecule has 1 amide bonds. The molecule has 1 aromatic rings. The van der Waals surface area contributed by atoms with Crippen LogP contribution in [0.1, 0.15) is 5.56 Å². The van der Waals surface area contributed by atoms with Crippen molar-refractivity contribution >= 4 is 11.7 Å². The zero-order valence-corrected chi connectivity index (χ0v) is 10.5. The van der Waals surface area contributed by atoms with Gasteiger partial charge in [0.2, 0.25) is 11.8 Å². The number of methoxy groups -OCH3 is 1. The van der Waals surface area contributed by atoms with Gasteiger partial charge in [-0.1, -0.05) is 0 Å². The second kappa shape index (κ2) is 5.18. The molecule has 0 radical (unpaired) electrons. The van der Waals surface area contributed by atoms with Crippen molar-refractivity contribution in [3.8, 4) is 5.88 Å². The molecule has 1 atom stereocenters. The third kappa shape index (κ3) is 2.21. The van der Waals surface area contributed by atoms with Crippen molar-refractivity contribution in [2.24, 2.45) is 5.73 Å². The molecule has 1 aliphatic rings. The average Bonchev–Trinajstić information content (AvgIpc) is 2.39. The molecule has 18 heavy (non-hydrogen) atoms. The molecule has 7 nitrogen and oxygen atoms in total. The minimum atomic E-state index is -0.392. The summed E-state index contributed by atoms with van der Waals surface area (Å²) < 4.78 is 5.16. The van der Waals surface area contributed by atoms with E-state index in [0.717, 1.165) is 12.1 Å². The highest BCUT2D eigenvalue weighted by Gasteiger charge is 2.29. The van der Waals surface area contributed by atoms with Gasteiger partial charge in [-0.3, -0.25) is 4.79 Å². The summed E-state index contributed by atoms with van der Waals surface area (Å²) >= 11 is 0. The van der Waals surface area contributed by atoms with Crippen LogP contribution < -0.4 is 20.7 Å². The van der Waals surface area contributed by atoms with Gasteiger partial charge >= 0.3 is 0 Å². The third-order valence-electron chi connectivity index (χ3n) is 3.05. The van der Waals surface area contributed by atoms with Gasteiger partial charge in [-0.25, -0.2) is 9.97 Å². The van der Waals surface area contributed by atoms with Crippen LogP contribution in [0.2, 0.25) is 0 Å². The Kier molecular flexibility index (Phi) is 3.61. The first-order valence-electron chi connectivity index (χ1n) is 5.77. The number of carbonyl (C=O) groups excluding carboxylic acids is 1. The van der Waals surface area contributed by atoms with Gasteiger partial charge in [-0.15, -0.1) is 0 Å². The fourth-order valence-corrected chi connectivity index (χ4v) is 2.13. The van der Waals surface area contributed by atoms with Gasteiger partial charge in [0.1, 0.15) is 18.2 Å². The topological polar surface area (TPSA) is 93.4 Å². The quantitative estimate of drug-likeness (QED) is 0.720. The van der Waals surface area contributed by atoms with Gasteiger partial charge < -0.3 is 20.7 Å². The number of carbonyl (C=O) groups is 1. The maximum atomic E-state index is 11.5. The molecule has 3 N–H and O–H groups in total. The van der Waals surface area contributed by atoms with E-state index in [1.165, 1.54) is 6.33 Å². The molecule has 2 rings (SSSR count). The summed E-state index contributed by atoms with van der Waals surface area (Å²) in [7, 11) is 1.56. The molecule has 0 saturated carbocycles. The van der Waals surface area contributed by atoms with Crippen molar-refractivity contribution < 1.29 is 9.53 Å². The number of hydrogen-bond donors (Lipinski definition) is 2. The molecule has 1 aromatic heterocycles. The smallest absolute Gasteiger partial charge is 0.241 e. The van der Waals surface area contributed by atoms with Gasteiger partial charge in [-0.2, -0.15) is 0 Å². The van der Waals surface area contributed by atoms with Gasteiger partial charge in [0.15, 0.2) is 0 Å². The molecule has 1 unspecified atom stereocenters. The minimum Gasteiger partial charge on any atom is -0.481 e. The molecule has 0 spiro atoms. The van der Waals surface area contributed by atoms with Crippen LogP contribution in [0, 0.1) is 6.92 Å². The maximum absolute atomic E-state index is 11.5. The molecular weight excluding hydrogens is 234 g/mol. The molecule has 1 saturated heterocycles. The lowest BCUT2D eigenvalue weighted by molar-refractivity contribution is -0.119. The summed E-state index contributed by atoms with van der Waals surface area (Å²) in [5.41, 5.74) is 6.23. The number of nitrogens with zero attached hydrogens (tertiary/aromatic N) is 3. The third-order valence-corrected chi connectivity index (χ3v) is 3.05. The number of rotatable bonds is 3. The number of piperazine rings is 1. The number of aromatic nitrogens is 2. The number of nitrogens with one attached hydrogen (secondary N) is 1. The molecule has 98 valence electrons. The predicted molar refractivity (Wildman–Crippen MR) is 66.5 cm³/mol. The Morgan fingerprint density at radius 3 is 3.06 bits per heavy atom. The lowest BCUT2D eigenvalue weighted by atomic mass is 10.1. The Balaban J connectivity index is 2.36. The van der Waals surface area contributed by atoms with E-state index in [1.807, 2.05) is 11.8 Å². The van der Waals surface area contributed by atoms with E-state index >= 15 is 0 Å². The Bertz CT molecular complexity index is 451. The van der Waals surface area contributed by atoms with Crippen LogP contribution in [-0.2, 0) is 4.79 Å². The molecule has 0 aliphatic carbocycles. The highest BCUT2D eigenvalue weighted by molar-refractivity contribution is 5.84. The summed E-state index contributed by atoms with van der Waals surface area (Å²) in [5, 5.41) is 3.15. The Morgan fingerprint density at radius 1 is 1.61 bits per heavy atom. The van der Waals surface area contributed by atoms with Gasteiger partial charge in [0, 0.05) is 19.6 Å². The van der Waals surface area contributed by atoms with Crippen molar-refractivity contribution in [2.45, 2.75) is 13.0 Å². The minimum absolute atomic E-state index is 0.362. The normalized spacial score (nSPS) is 19.7. The monoisotopic (exact) mass is 251 g/mol. The summed E-state index contributed by atoms with van der Waals surface area (Å²) in [4.78, 5) is 21.6. The zero-order chi connectivity index (χ0) is 13.1. The van der Waals surface area contributed by atoms with Gasteiger partial charge in [-0.05, 0) is 6.92 Å². The lowest BCUT2D eigenvalue weighted by Crippen LogP contribution is -2.57. The van der Waals surface area contributed by atoms with E-state index in [0.29, 0.717) is 24.8 Å². The van der Waals surface area contributed by atoms with Crippen LogP contribution in [0.25, 0.3) is 0 Å². The number of primary amides is 1. The predicted octanol–water partition coefficient (Wildman–Crippen LogP) is -0.943. The molecule has 2 heterocycles. The second-order valence-corrected chi connectivity index (χ2v) is 4.15. The van der Waals surface area contributed by atoms with Crippen LogP contribution in [0.5, 0.6) is 5.88 Å². The Labute approximate surface area is 105 Å². The molecule has 7 heteroatoms. The lowest BCUT2D eigenvalue weighted by Gasteiger charge is -2.35. The van der Waals surface area contributed by atoms with E-state index < -0.39 is 6.04 Å². The SMILES string of the molecule is COc1ncnc(N2CCNCC2C(N)=O)c1C. The largest absolute Gasteiger partial charge is 0.481 e.